The fourth-order valence-electron chi connectivity index (χ4n) is 2.12. The average molecular weight is 290 g/mol. The Labute approximate surface area is 122 Å². The minimum absolute atomic E-state index is 0.0399. The molecule has 1 amide bonds. The second kappa shape index (κ2) is 4.96. The lowest BCUT2D eigenvalue weighted by Crippen LogP contribution is -2.51. The molecule has 1 aliphatic heterocycles. The number of aliphatic imine (C=N–C) groups is 1. The molecule has 1 saturated heterocycles. The monoisotopic (exact) mass is 290 g/mol. The van der Waals surface area contributed by atoms with Gasteiger partial charge in [0, 0.05) is 0 Å². The van der Waals surface area contributed by atoms with Crippen molar-refractivity contribution < 1.29 is 4.79 Å². The summed E-state index contributed by atoms with van der Waals surface area (Å²) in [5.74, 6) is 0. The Balaban J connectivity index is 2.44. The number of carbonyl (C=O) groups excluding carboxylic acids is 1. The van der Waals surface area contributed by atoms with Gasteiger partial charge in [-0.25, -0.2) is 0 Å². The van der Waals surface area contributed by atoms with Crippen LogP contribution in [0.2, 0.25) is 0 Å². The maximum absolute atomic E-state index is 12.6. The van der Waals surface area contributed by atoms with Crippen molar-refractivity contribution in [2.45, 2.75) is 52.2 Å². The molecule has 108 valence electrons. The number of rotatable bonds is 1. The molecule has 2 rings (SSSR count). The van der Waals surface area contributed by atoms with Gasteiger partial charge in [-0.3, -0.25) is 14.7 Å². The normalized spacial score (nSPS) is 22.1. The molecule has 0 radical (unpaired) electrons. The van der Waals surface area contributed by atoms with E-state index in [1.165, 1.54) is 0 Å². The van der Waals surface area contributed by atoms with Crippen molar-refractivity contribution >= 4 is 24.8 Å². The Hall–Kier alpha value is -1.21. The molecule has 1 aliphatic rings. The van der Waals surface area contributed by atoms with E-state index >= 15 is 0 Å². The van der Waals surface area contributed by atoms with Crippen molar-refractivity contribution in [2.24, 2.45) is 4.99 Å². The van der Waals surface area contributed by atoms with Gasteiger partial charge in [0.2, 0.25) is 0 Å². The van der Waals surface area contributed by atoms with E-state index in [1.54, 1.807) is 4.90 Å². The van der Waals surface area contributed by atoms with E-state index in [2.05, 4.69) is 41.5 Å². The summed E-state index contributed by atoms with van der Waals surface area (Å²) in [7, 11) is -0.854. The second-order valence-electron chi connectivity index (χ2n) is 7.04. The number of carbonyl (C=O) groups is 1. The SMILES string of the molecule is CC(C)(C)N=C1N(c2ccccc2)C(=O)P1C(C)(C)C. The Bertz CT molecular complexity index is 538. The lowest BCUT2D eigenvalue weighted by Gasteiger charge is -2.46. The minimum atomic E-state index is -0.854. The summed E-state index contributed by atoms with van der Waals surface area (Å²) in [6.07, 6.45) is 0. The summed E-state index contributed by atoms with van der Waals surface area (Å²) in [5, 5.41) is -0.0399. The lowest BCUT2D eigenvalue weighted by molar-refractivity contribution is 0.265. The zero-order chi connectivity index (χ0) is 15.1. The fourth-order valence-corrected chi connectivity index (χ4v) is 4.53. The summed E-state index contributed by atoms with van der Waals surface area (Å²) in [5.41, 5.74) is 1.91. The number of hydrogen-bond acceptors (Lipinski definition) is 2. The zero-order valence-electron chi connectivity index (χ0n) is 13.1. The zero-order valence-corrected chi connectivity index (χ0v) is 14.0. The lowest BCUT2D eigenvalue weighted by atomic mass is 10.1. The molecule has 0 bridgehead atoms. The van der Waals surface area contributed by atoms with E-state index in [0.29, 0.717) is 0 Å². The van der Waals surface area contributed by atoms with Crippen LogP contribution in [0.15, 0.2) is 35.3 Å². The van der Waals surface area contributed by atoms with Crippen molar-refractivity contribution in [1.29, 1.82) is 0 Å². The quantitative estimate of drug-likeness (QED) is 0.665. The molecule has 0 N–H and O–H groups in total. The summed E-state index contributed by atoms with van der Waals surface area (Å²) < 4.78 is 0. The summed E-state index contributed by atoms with van der Waals surface area (Å²) in [6, 6.07) is 9.79. The molecule has 0 aliphatic carbocycles. The predicted molar refractivity (Wildman–Crippen MR) is 88.2 cm³/mol. The molecule has 1 aromatic carbocycles. The molecule has 1 aromatic rings. The van der Waals surface area contributed by atoms with Gasteiger partial charge < -0.3 is 0 Å². The van der Waals surface area contributed by atoms with Gasteiger partial charge in [-0.1, -0.05) is 39.0 Å². The number of amides is 1. The first-order valence-electron chi connectivity index (χ1n) is 6.90. The van der Waals surface area contributed by atoms with Crippen LogP contribution in [0.25, 0.3) is 0 Å². The standard InChI is InChI=1S/C16H23N2OP/c1-15(2,3)17-13-18(12-10-8-7-9-11-12)14(19)20(13)16(4,5)6/h7-11H,1-6H3. The Kier molecular flexibility index (Phi) is 3.77. The maximum Gasteiger partial charge on any atom is 0.261 e. The first-order chi connectivity index (χ1) is 9.11. The van der Waals surface area contributed by atoms with E-state index in [9.17, 15) is 4.79 Å². The molecule has 1 fully saturated rings. The van der Waals surface area contributed by atoms with Crippen LogP contribution in [0.5, 0.6) is 0 Å². The number of anilines is 1. The summed E-state index contributed by atoms with van der Waals surface area (Å²) in [6.45, 7) is 12.6. The minimum Gasteiger partial charge on any atom is -0.268 e. The van der Waals surface area contributed by atoms with Crippen molar-refractivity contribution in [1.82, 2.24) is 0 Å². The van der Waals surface area contributed by atoms with Gasteiger partial charge in [-0.05, 0) is 38.1 Å². The van der Waals surface area contributed by atoms with Crippen LogP contribution in [0.1, 0.15) is 41.5 Å². The molecular weight excluding hydrogens is 267 g/mol. The largest absolute Gasteiger partial charge is 0.268 e. The van der Waals surface area contributed by atoms with E-state index in [-0.39, 0.29) is 16.3 Å². The van der Waals surface area contributed by atoms with Gasteiger partial charge >= 0.3 is 0 Å². The summed E-state index contributed by atoms with van der Waals surface area (Å²) in [4.78, 5) is 19.2. The highest BCUT2D eigenvalue weighted by atomic mass is 31.1. The van der Waals surface area contributed by atoms with Crippen molar-refractivity contribution in [3.8, 4) is 0 Å². The van der Waals surface area contributed by atoms with E-state index < -0.39 is 7.92 Å². The number of benzene rings is 1. The third-order valence-corrected chi connectivity index (χ3v) is 5.53. The molecule has 1 unspecified atom stereocenters. The molecule has 3 nitrogen and oxygen atoms in total. The number of hydrogen-bond donors (Lipinski definition) is 0. The topological polar surface area (TPSA) is 32.7 Å². The third kappa shape index (κ3) is 2.93. The molecule has 0 aromatic heterocycles. The Morgan fingerprint density at radius 3 is 2.00 bits per heavy atom. The molecule has 0 spiro atoms. The molecule has 0 saturated carbocycles. The van der Waals surface area contributed by atoms with E-state index in [1.807, 2.05) is 30.3 Å². The maximum atomic E-state index is 12.6. The first-order valence-corrected chi connectivity index (χ1v) is 8.25. The molecule has 4 heteroatoms. The van der Waals surface area contributed by atoms with Gasteiger partial charge in [-0.15, -0.1) is 0 Å². The summed E-state index contributed by atoms with van der Waals surface area (Å²) >= 11 is 0. The van der Waals surface area contributed by atoms with Crippen molar-refractivity contribution in [3.05, 3.63) is 30.3 Å². The van der Waals surface area contributed by atoms with E-state index in [4.69, 9.17) is 4.99 Å². The Morgan fingerprint density at radius 2 is 1.55 bits per heavy atom. The second-order valence-corrected chi connectivity index (χ2v) is 9.84. The third-order valence-electron chi connectivity index (χ3n) is 2.90. The van der Waals surface area contributed by atoms with Gasteiger partial charge in [-0.2, -0.15) is 0 Å². The van der Waals surface area contributed by atoms with E-state index in [0.717, 1.165) is 11.3 Å². The van der Waals surface area contributed by atoms with Gasteiger partial charge in [0.25, 0.3) is 5.65 Å². The highest BCUT2D eigenvalue weighted by molar-refractivity contribution is 7.95. The van der Waals surface area contributed by atoms with Crippen LogP contribution >= 0.6 is 7.92 Å². The van der Waals surface area contributed by atoms with Crippen LogP contribution in [-0.2, 0) is 0 Å². The molecule has 20 heavy (non-hydrogen) atoms. The first kappa shape index (κ1) is 15.2. The number of para-hydroxylation sites is 1. The highest BCUT2D eigenvalue weighted by Gasteiger charge is 2.51. The predicted octanol–water partition coefficient (Wildman–Crippen LogP) is 5.06. The van der Waals surface area contributed by atoms with Gasteiger partial charge in [0.15, 0.2) is 0 Å². The van der Waals surface area contributed by atoms with Crippen LogP contribution in [0, 0.1) is 0 Å². The highest BCUT2D eigenvalue weighted by Crippen LogP contribution is 2.61. The molecule has 1 atom stereocenters. The number of amidine groups is 1. The average Bonchev–Trinajstić information content (AvgIpc) is 2.26. The number of nitrogens with zero attached hydrogens (tertiary/aromatic N) is 2. The molecule has 1 heterocycles. The van der Waals surface area contributed by atoms with Crippen LogP contribution in [-0.4, -0.2) is 21.9 Å². The van der Waals surface area contributed by atoms with Crippen molar-refractivity contribution in [3.63, 3.8) is 0 Å². The van der Waals surface area contributed by atoms with Crippen LogP contribution in [0.4, 0.5) is 10.5 Å². The smallest absolute Gasteiger partial charge is 0.261 e. The Morgan fingerprint density at radius 1 is 1.00 bits per heavy atom. The van der Waals surface area contributed by atoms with Gasteiger partial charge in [0.05, 0.1) is 19.1 Å². The molecular formula is C16H23N2OP. The van der Waals surface area contributed by atoms with Crippen LogP contribution < -0.4 is 4.90 Å². The van der Waals surface area contributed by atoms with Gasteiger partial charge in [0.1, 0.15) is 5.58 Å². The van der Waals surface area contributed by atoms with Crippen molar-refractivity contribution in [2.75, 3.05) is 4.90 Å². The fraction of sp³-hybridized carbons (Fsp3) is 0.500. The van der Waals surface area contributed by atoms with Crippen LogP contribution in [0.3, 0.4) is 0 Å².